The lowest BCUT2D eigenvalue weighted by Gasteiger charge is -2.23. The number of benzene rings is 3. The third-order valence-corrected chi connectivity index (χ3v) is 7.99. The molecule has 6 nitrogen and oxygen atoms in total. The van der Waals surface area contributed by atoms with Crippen LogP contribution in [0, 0.1) is 20.8 Å². The lowest BCUT2D eigenvalue weighted by molar-refractivity contribution is -0.121. The van der Waals surface area contributed by atoms with Crippen LogP contribution in [-0.2, 0) is 9.59 Å². The Kier molecular flexibility index (Phi) is 7.17. The highest BCUT2D eigenvalue weighted by atomic mass is 35.5. The first-order valence-corrected chi connectivity index (χ1v) is 13.4. The normalized spacial score (nSPS) is 19.1. The van der Waals surface area contributed by atoms with E-state index in [1.165, 1.54) is 17.3 Å². The van der Waals surface area contributed by atoms with Gasteiger partial charge in [0, 0.05) is 23.6 Å². The van der Waals surface area contributed by atoms with Gasteiger partial charge in [0.05, 0.1) is 11.8 Å². The molecule has 2 heterocycles. The molecule has 37 heavy (non-hydrogen) atoms. The zero-order chi connectivity index (χ0) is 26.1. The van der Waals surface area contributed by atoms with Gasteiger partial charge in [-0.2, -0.15) is 10.1 Å². The molecule has 2 amide bonds. The fourth-order valence-electron chi connectivity index (χ4n) is 4.38. The maximum absolute atomic E-state index is 12.8. The number of thioether (sulfide) groups is 1. The molecule has 0 radical (unpaired) electrons. The molecular formula is C29H27ClN4O2S. The Balaban J connectivity index is 1.35. The maximum atomic E-state index is 12.8. The van der Waals surface area contributed by atoms with Crippen LogP contribution in [-0.4, -0.2) is 33.0 Å². The largest absolute Gasteiger partial charge is 0.326 e. The number of aliphatic imine (C=N–C) groups is 1. The molecule has 0 aliphatic carbocycles. The molecule has 0 saturated heterocycles. The van der Waals surface area contributed by atoms with Crippen molar-refractivity contribution >= 4 is 51.7 Å². The van der Waals surface area contributed by atoms with Gasteiger partial charge in [0.15, 0.2) is 5.17 Å². The van der Waals surface area contributed by atoms with Crippen LogP contribution in [0.3, 0.4) is 0 Å². The summed E-state index contributed by atoms with van der Waals surface area (Å²) in [5, 5.41) is 10.2. The quantitative estimate of drug-likeness (QED) is 0.411. The zero-order valence-electron chi connectivity index (χ0n) is 20.9. The van der Waals surface area contributed by atoms with Crippen molar-refractivity contribution in [2.45, 2.75) is 44.9 Å². The third kappa shape index (κ3) is 5.63. The van der Waals surface area contributed by atoms with Gasteiger partial charge in [0.1, 0.15) is 5.25 Å². The van der Waals surface area contributed by atoms with Crippen molar-refractivity contribution in [2.75, 3.05) is 5.32 Å². The number of halogens is 1. The lowest BCUT2D eigenvalue weighted by Crippen LogP contribution is -2.25. The van der Waals surface area contributed by atoms with Crippen LogP contribution in [0.1, 0.15) is 46.7 Å². The van der Waals surface area contributed by atoms with Gasteiger partial charge in [-0.1, -0.05) is 71.4 Å². The number of nitrogens with zero attached hydrogens (tertiary/aromatic N) is 3. The first kappa shape index (κ1) is 25.2. The van der Waals surface area contributed by atoms with Crippen LogP contribution in [0.25, 0.3) is 0 Å². The van der Waals surface area contributed by atoms with E-state index in [1.54, 1.807) is 0 Å². The van der Waals surface area contributed by atoms with Gasteiger partial charge < -0.3 is 5.32 Å². The summed E-state index contributed by atoms with van der Waals surface area (Å²) in [6, 6.07) is 21.5. The average molecular weight is 531 g/mol. The van der Waals surface area contributed by atoms with Gasteiger partial charge in [0.2, 0.25) is 5.91 Å². The Morgan fingerprint density at radius 2 is 1.84 bits per heavy atom. The van der Waals surface area contributed by atoms with Gasteiger partial charge in [-0.25, -0.2) is 5.01 Å². The van der Waals surface area contributed by atoms with Gasteiger partial charge >= 0.3 is 0 Å². The number of hydrogen-bond acceptors (Lipinski definition) is 5. The van der Waals surface area contributed by atoms with E-state index in [-0.39, 0.29) is 24.3 Å². The Labute approximate surface area is 225 Å². The highest BCUT2D eigenvalue weighted by Gasteiger charge is 2.39. The molecule has 0 saturated carbocycles. The fraction of sp³-hybridized carbons (Fsp3) is 0.241. The second-order valence-electron chi connectivity index (χ2n) is 9.42. The minimum Gasteiger partial charge on any atom is -0.326 e. The Bertz CT molecular complexity index is 1430. The van der Waals surface area contributed by atoms with E-state index in [9.17, 15) is 9.59 Å². The molecule has 0 bridgehead atoms. The van der Waals surface area contributed by atoms with E-state index in [1.807, 2.05) is 68.2 Å². The Hall–Kier alpha value is -3.42. The summed E-state index contributed by atoms with van der Waals surface area (Å²) in [7, 11) is 0. The van der Waals surface area contributed by atoms with Crippen molar-refractivity contribution in [1.29, 1.82) is 0 Å². The standard InChI is InChI=1S/C29H27ClN4O2S/c1-17-7-10-20(11-8-17)24-15-25(21-5-4-6-22(30)14-21)34(33-24)29-32-28(36)26(37-29)16-27(35)31-23-12-9-18(2)19(3)13-23/h4-14,25-26H,15-16H2,1-3H3,(H,31,35)/t25-,26+/m0/s1. The molecule has 1 N–H and O–H groups in total. The Morgan fingerprint density at radius 3 is 2.57 bits per heavy atom. The van der Waals surface area contributed by atoms with E-state index in [0.717, 1.165) is 33.7 Å². The summed E-state index contributed by atoms with van der Waals surface area (Å²) < 4.78 is 0. The summed E-state index contributed by atoms with van der Waals surface area (Å²) >= 11 is 7.59. The highest BCUT2D eigenvalue weighted by molar-refractivity contribution is 8.15. The number of amidine groups is 1. The van der Waals surface area contributed by atoms with E-state index in [0.29, 0.717) is 16.6 Å². The first-order chi connectivity index (χ1) is 17.8. The predicted molar refractivity (Wildman–Crippen MR) is 151 cm³/mol. The molecule has 0 fully saturated rings. The second-order valence-corrected chi connectivity index (χ2v) is 11.0. The zero-order valence-corrected chi connectivity index (χ0v) is 22.4. The van der Waals surface area contributed by atoms with Gasteiger partial charge in [-0.3, -0.25) is 9.59 Å². The molecule has 2 aliphatic heterocycles. The van der Waals surface area contributed by atoms with Crippen LogP contribution in [0.2, 0.25) is 5.02 Å². The van der Waals surface area contributed by atoms with Crippen molar-refractivity contribution in [3.05, 3.63) is 99.6 Å². The molecule has 3 aromatic rings. The Morgan fingerprint density at radius 1 is 1.05 bits per heavy atom. The fourth-order valence-corrected chi connectivity index (χ4v) is 5.64. The molecule has 2 atom stereocenters. The highest BCUT2D eigenvalue weighted by Crippen LogP contribution is 2.39. The number of aryl methyl sites for hydroxylation is 3. The van der Waals surface area contributed by atoms with Crippen LogP contribution in [0.15, 0.2) is 76.8 Å². The maximum Gasteiger partial charge on any atom is 0.262 e. The third-order valence-electron chi connectivity index (χ3n) is 6.61. The molecule has 0 spiro atoms. The van der Waals surface area contributed by atoms with E-state index >= 15 is 0 Å². The molecule has 8 heteroatoms. The average Bonchev–Trinajstić information content (AvgIpc) is 3.46. The summed E-state index contributed by atoms with van der Waals surface area (Å²) in [4.78, 5) is 29.9. The molecule has 188 valence electrons. The van der Waals surface area contributed by atoms with E-state index < -0.39 is 5.25 Å². The number of hydrazone groups is 1. The summed E-state index contributed by atoms with van der Waals surface area (Å²) in [5.74, 6) is -0.540. The molecule has 2 aliphatic rings. The topological polar surface area (TPSA) is 74.1 Å². The van der Waals surface area contributed by atoms with Crippen LogP contribution >= 0.6 is 23.4 Å². The second kappa shape index (κ2) is 10.5. The SMILES string of the molecule is Cc1ccc(C2=NN(C3=NC(=O)[C@@H](CC(=O)Nc4ccc(C)c(C)c4)S3)[C@H](c3cccc(Cl)c3)C2)cc1. The number of carbonyl (C=O) groups excluding carboxylic acids is 2. The number of carbonyl (C=O) groups is 2. The van der Waals surface area contributed by atoms with Crippen molar-refractivity contribution in [2.24, 2.45) is 10.1 Å². The molecular weight excluding hydrogens is 504 g/mol. The van der Waals surface area contributed by atoms with Gasteiger partial charge in [-0.05, 0) is 67.3 Å². The predicted octanol–water partition coefficient (Wildman–Crippen LogP) is 6.44. The van der Waals surface area contributed by atoms with E-state index in [4.69, 9.17) is 16.7 Å². The van der Waals surface area contributed by atoms with Crippen molar-refractivity contribution < 1.29 is 9.59 Å². The lowest BCUT2D eigenvalue weighted by atomic mass is 9.98. The van der Waals surface area contributed by atoms with Crippen LogP contribution in [0.4, 0.5) is 5.69 Å². The number of nitrogens with one attached hydrogen (secondary N) is 1. The number of amides is 2. The summed E-state index contributed by atoms with van der Waals surface area (Å²) in [6.07, 6.45) is 0.683. The van der Waals surface area contributed by atoms with Crippen molar-refractivity contribution in [1.82, 2.24) is 5.01 Å². The molecule has 3 aromatic carbocycles. The van der Waals surface area contributed by atoms with Gasteiger partial charge in [0.25, 0.3) is 5.91 Å². The minimum absolute atomic E-state index is 0.0353. The first-order valence-electron chi connectivity index (χ1n) is 12.1. The van der Waals surface area contributed by atoms with Crippen molar-refractivity contribution in [3.8, 4) is 0 Å². The van der Waals surface area contributed by atoms with Crippen molar-refractivity contribution in [3.63, 3.8) is 0 Å². The number of hydrogen-bond donors (Lipinski definition) is 1. The number of anilines is 1. The summed E-state index contributed by atoms with van der Waals surface area (Å²) in [6.45, 7) is 6.07. The van der Waals surface area contributed by atoms with Gasteiger partial charge in [-0.15, -0.1) is 0 Å². The summed E-state index contributed by atoms with van der Waals surface area (Å²) in [5.41, 5.74) is 7.08. The monoisotopic (exact) mass is 530 g/mol. The molecule has 0 unspecified atom stereocenters. The van der Waals surface area contributed by atoms with Crippen LogP contribution in [0.5, 0.6) is 0 Å². The molecule has 0 aromatic heterocycles. The van der Waals surface area contributed by atoms with E-state index in [2.05, 4.69) is 34.6 Å². The van der Waals surface area contributed by atoms with Crippen LogP contribution < -0.4 is 5.32 Å². The minimum atomic E-state index is -0.597. The smallest absolute Gasteiger partial charge is 0.262 e. The number of rotatable bonds is 5. The molecule has 5 rings (SSSR count).